The van der Waals surface area contributed by atoms with Gasteiger partial charge in [-0.15, -0.1) is 0 Å². The number of hydrogen-bond donors (Lipinski definition) is 1. The zero-order valence-electron chi connectivity index (χ0n) is 12.1. The van der Waals surface area contributed by atoms with Crippen LogP contribution in [0.2, 0.25) is 0 Å². The molecule has 3 unspecified atom stereocenters. The number of hydrogen-bond acceptors (Lipinski definition) is 2. The number of benzene rings is 1. The van der Waals surface area contributed by atoms with E-state index in [0.29, 0.717) is 11.8 Å². The molecule has 20 heavy (non-hydrogen) atoms. The van der Waals surface area contributed by atoms with Gasteiger partial charge < -0.3 is 10.6 Å². The fourth-order valence-electron chi connectivity index (χ4n) is 4.55. The molecule has 0 radical (unpaired) electrons. The Labute approximate surface area is 120 Å². The van der Waals surface area contributed by atoms with E-state index >= 15 is 0 Å². The van der Waals surface area contributed by atoms with Crippen molar-refractivity contribution in [1.82, 2.24) is 0 Å². The molecule has 2 saturated carbocycles. The summed E-state index contributed by atoms with van der Waals surface area (Å²) in [7, 11) is 0. The Morgan fingerprint density at radius 3 is 2.85 bits per heavy atom. The van der Waals surface area contributed by atoms with Crippen molar-refractivity contribution < 1.29 is 4.79 Å². The summed E-state index contributed by atoms with van der Waals surface area (Å²) in [6, 6.07) is 4.15. The molecule has 0 saturated heterocycles. The fraction of sp³-hybridized carbons (Fsp3) is 0.588. The largest absolute Gasteiger partial charge is 0.398 e. The van der Waals surface area contributed by atoms with Crippen molar-refractivity contribution in [3.8, 4) is 0 Å². The van der Waals surface area contributed by atoms with Crippen LogP contribution in [0.15, 0.2) is 12.1 Å². The van der Waals surface area contributed by atoms with Gasteiger partial charge in [0.25, 0.3) is 0 Å². The quantitative estimate of drug-likeness (QED) is 0.798. The van der Waals surface area contributed by atoms with E-state index in [9.17, 15) is 4.79 Å². The minimum absolute atomic E-state index is 0.280. The molecule has 0 aromatic heterocycles. The maximum Gasteiger partial charge on any atom is 0.230 e. The van der Waals surface area contributed by atoms with Gasteiger partial charge in [-0.1, -0.05) is 12.5 Å². The first-order valence-electron chi connectivity index (χ1n) is 7.84. The van der Waals surface area contributed by atoms with Crippen LogP contribution < -0.4 is 10.6 Å². The highest BCUT2D eigenvalue weighted by atomic mass is 16.2. The van der Waals surface area contributed by atoms with Crippen molar-refractivity contribution in [2.24, 2.45) is 17.8 Å². The van der Waals surface area contributed by atoms with Crippen LogP contribution in [0.4, 0.5) is 11.4 Å². The highest BCUT2D eigenvalue weighted by Gasteiger charge is 2.45. The first-order valence-corrected chi connectivity index (χ1v) is 7.84. The van der Waals surface area contributed by atoms with E-state index in [2.05, 4.69) is 6.07 Å². The number of rotatable bonds is 1. The van der Waals surface area contributed by atoms with E-state index in [4.69, 9.17) is 5.73 Å². The van der Waals surface area contributed by atoms with Crippen LogP contribution in [-0.4, -0.2) is 12.5 Å². The molecule has 3 aliphatic rings. The second-order valence-corrected chi connectivity index (χ2v) is 6.86. The summed E-state index contributed by atoms with van der Waals surface area (Å²) < 4.78 is 0. The normalized spacial score (nSPS) is 30.9. The van der Waals surface area contributed by atoms with Gasteiger partial charge in [-0.05, 0) is 61.6 Å². The van der Waals surface area contributed by atoms with Crippen LogP contribution in [0.1, 0.15) is 36.8 Å². The number of nitrogens with two attached hydrogens (primary N) is 1. The fourth-order valence-corrected chi connectivity index (χ4v) is 4.55. The van der Waals surface area contributed by atoms with Gasteiger partial charge in [-0.25, -0.2) is 0 Å². The minimum atomic E-state index is 0.280. The van der Waals surface area contributed by atoms with E-state index in [1.165, 1.54) is 24.8 Å². The first-order chi connectivity index (χ1) is 9.63. The van der Waals surface area contributed by atoms with Crippen molar-refractivity contribution in [3.63, 3.8) is 0 Å². The van der Waals surface area contributed by atoms with Crippen LogP contribution in [-0.2, 0) is 11.2 Å². The number of nitrogens with zero attached hydrogens (tertiary/aromatic N) is 1. The van der Waals surface area contributed by atoms with Crippen molar-refractivity contribution in [1.29, 1.82) is 0 Å². The molecule has 4 rings (SSSR count). The Kier molecular flexibility index (Phi) is 2.60. The third kappa shape index (κ3) is 1.68. The highest BCUT2D eigenvalue weighted by molar-refractivity contribution is 5.98. The average molecular weight is 270 g/mol. The van der Waals surface area contributed by atoms with Gasteiger partial charge in [0.2, 0.25) is 5.91 Å². The van der Waals surface area contributed by atoms with E-state index in [1.54, 1.807) is 0 Å². The standard InChI is InChI=1S/C17H22N2O/c1-10-6-13-4-5-19(16(13)9-15(10)18)17(20)14-8-11-2-3-12(14)7-11/h6,9,11-12,14H,2-5,7-8,18H2,1H3. The van der Waals surface area contributed by atoms with Crippen molar-refractivity contribution in [3.05, 3.63) is 23.3 Å². The van der Waals surface area contributed by atoms with Gasteiger partial charge in [0, 0.05) is 23.8 Å². The monoisotopic (exact) mass is 270 g/mol. The van der Waals surface area contributed by atoms with Gasteiger partial charge in [-0.3, -0.25) is 4.79 Å². The lowest BCUT2D eigenvalue weighted by Gasteiger charge is -2.27. The average Bonchev–Trinajstić information content (AvgIpc) is 3.13. The smallest absolute Gasteiger partial charge is 0.230 e. The molecule has 3 nitrogen and oxygen atoms in total. The van der Waals surface area contributed by atoms with Crippen LogP contribution in [0, 0.1) is 24.7 Å². The Morgan fingerprint density at radius 1 is 1.30 bits per heavy atom. The van der Waals surface area contributed by atoms with Crippen LogP contribution in [0.25, 0.3) is 0 Å². The summed E-state index contributed by atoms with van der Waals surface area (Å²) >= 11 is 0. The molecular weight excluding hydrogens is 248 g/mol. The molecule has 1 aliphatic heterocycles. The molecule has 1 aromatic carbocycles. The SMILES string of the molecule is Cc1cc2c(cc1N)N(C(=O)C1CC3CCC1C3)CC2. The summed E-state index contributed by atoms with van der Waals surface area (Å²) in [4.78, 5) is 14.9. The van der Waals surface area contributed by atoms with Crippen molar-refractivity contribution in [2.45, 2.75) is 39.0 Å². The molecule has 2 aliphatic carbocycles. The second-order valence-electron chi connectivity index (χ2n) is 6.86. The molecule has 106 valence electrons. The maximum absolute atomic E-state index is 12.9. The van der Waals surface area contributed by atoms with Gasteiger partial charge >= 0.3 is 0 Å². The number of nitrogen functional groups attached to an aromatic ring is 1. The van der Waals surface area contributed by atoms with Gasteiger partial charge in [0.1, 0.15) is 0 Å². The van der Waals surface area contributed by atoms with Crippen LogP contribution in [0.3, 0.4) is 0 Å². The summed E-state index contributed by atoms with van der Waals surface area (Å²) in [5.41, 5.74) is 10.3. The molecular formula is C17H22N2O. The van der Waals surface area contributed by atoms with Crippen LogP contribution in [0.5, 0.6) is 0 Å². The van der Waals surface area contributed by atoms with E-state index in [1.807, 2.05) is 17.9 Å². The third-order valence-electron chi connectivity index (χ3n) is 5.68. The first kappa shape index (κ1) is 12.2. The molecule has 3 heteroatoms. The van der Waals surface area contributed by atoms with Crippen molar-refractivity contribution in [2.75, 3.05) is 17.2 Å². The Hall–Kier alpha value is -1.51. The van der Waals surface area contributed by atoms with Crippen molar-refractivity contribution >= 4 is 17.3 Å². The molecule has 2 fully saturated rings. The zero-order chi connectivity index (χ0) is 13.9. The Morgan fingerprint density at radius 2 is 2.15 bits per heavy atom. The number of anilines is 2. The molecule has 0 spiro atoms. The topological polar surface area (TPSA) is 46.3 Å². The van der Waals surface area contributed by atoms with Gasteiger partial charge in [-0.2, -0.15) is 0 Å². The van der Waals surface area contributed by atoms with Crippen LogP contribution >= 0.6 is 0 Å². The number of amides is 1. The lowest BCUT2D eigenvalue weighted by Crippen LogP contribution is -2.37. The zero-order valence-corrected chi connectivity index (χ0v) is 12.1. The van der Waals surface area contributed by atoms with E-state index < -0.39 is 0 Å². The summed E-state index contributed by atoms with van der Waals surface area (Å²) in [6.07, 6.45) is 5.99. The van der Waals surface area contributed by atoms with E-state index in [0.717, 1.165) is 42.2 Å². The maximum atomic E-state index is 12.9. The number of aryl methyl sites for hydroxylation is 1. The summed E-state index contributed by atoms with van der Waals surface area (Å²) in [6.45, 7) is 2.88. The highest BCUT2D eigenvalue weighted by Crippen LogP contribution is 2.49. The molecule has 3 atom stereocenters. The molecule has 1 heterocycles. The Bertz CT molecular complexity index is 581. The number of fused-ring (bicyclic) bond motifs is 3. The summed E-state index contributed by atoms with van der Waals surface area (Å²) in [5.74, 6) is 2.11. The lowest BCUT2D eigenvalue weighted by atomic mass is 9.87. The molecule has 2 N–H and O–H groups in total. The van der Waals surface area contributed by atoms with Gasteiger partial charge in [0.05, 0.1) is 0 Å². The third-order valence-corrected chi connectivity index (χ3v) is 5.68. The Balaban J connectivity index is 1.62. The lowest BCUT2D eigenvalue weighted by molar-refractivity contribution is -0.123. The number of carbonyl (C=O) groups is 1. The second kappa shape index (κ2) is 4.24. The van der Waals surface area contributed by atoms with Gasteiger partial charge in [0.15, 0.2) is 0 Å². The molecule has 1 aromatic rings. The number of carbonyl (C=O) groups excluding carboxylic acids is 1. The predicted octanol–water partition coefficient (Wildman–Crippen LogP) is 2.90. The van der Waals surface area contributed by atoms with E-state index in [-0.39, 0.29) is 5.92 Å². The molecule has 1 amide bonds. The minimum Gasteiger partial charge on any atom is -0.398 e. The summed E-state index contributed by atoms with van der Waals surface area (Å²) in [5, 5.41) is 0. The molecule has 2 bridgehead atoms. The predicted molar refractivity (Wildman–Crippen MR) is 80.6 cm³/mol.